The molecule has 0 saturated carbocycles. The van der Waals surface area contributed by atoms with Gasteiger partial charge in [-0.25, -0.2) is 0 Å². The Balaban J connectivity index is 0. The fourth-order valence-corrected chi connectivity index (χ4v) is 1.47. The van der Waals surface area contributed by atoms with Crippen LogP contribution < -0.4 is 0 Å². The van der Waals surface area contributed by atoms with Crippen LogP contribution in [-0.4, -0.2) is 10.9 Å². The van der Waals surface area contributed by atoms with Gasteiger partial charge in [0.2, 0.25) is 0 Å². The van der Waals surface area contributed by atoms with Gasteiger partial charge in [0.05, 0.1) is 0 Å². The summed E-state index contributed by atoms with van der Waals surface area (Å²) in [6.45, 7) is 9.86. The Bertz CT molecular complexity index is 251. The molecule has 105 valence electrons. The minimum atomic E-state index is -0.335. The van der Waals surface area contributed by atoms with E-state index in [9.17, 15) is 9.90 Å². The Hall–Kier alpha value is -0.271. The first-order chi connectivity index (χ1) is 7.32. The van der Waals surface area contributed by atoms with Crippen LogP contribution in [0.4, 0.5) is 0 Å². The molecule has 3 heteroatoms. The molecule has 0 heterocycles. The molecule has 0 aromatic heterocycles. The monoisotopic (exact) mass is 289 g/mol. The quantitative estimate of drug-likeness (QED) is 0.451. The molecule has 0 saturated heterocycles. The number of unbranched alkanes of at least 4 members (excludes halogenated alkanes) is 1. The van der Waals surface area contributed by atoms with Gasteiger partial charge in [0, 0.05) is 34.5 Å². The van der Waals surface area contributed by atoms with Gasteiger partial charge in [-0.05, 0) is 12.8 Å². The van der Waals surface area contributed by atoms with E-state index in [1.807, 2.05) is 27.7 Å². The summed E-state index contributed by atoms with van der Waals surface area (Å²) in [5.74, 6) is 0.334. The molecular formula is C14H26CuO2. The van der Waals surface area contributed by atoms with Gasteiger partial charge in [-0.1, -0.05) is 47.5 Å². The summed E-state index contributed by atoms with van der Waals surface area (Å²) in [6.07, 6.45) is 5.39. The SMILES string of the molecule is CCCCC(CC)C(=O)C=C(O)C(C)(C)C.[Cu]. The third-order valence-corrected chi connectivity index (χ3v) is 2.85. The minimum absolute atomic E-state index is 0. The van der Waals surface area contributed by atoms with Crippen molar-refractivity contribution in [1.29, 1.82) is 0 Å². The maximum Gasteiger partial charge on any atom is 0.162 e. The Morgan fingerprint density at radius 1 is 1.29 bits per heavy atom. The number of ketones is 1. The Morgan fingerprint density at radius 3 is 2.18 bits per heavy atom. The van der Waals surface area contributed by atoms with Crippen LogP contribution in [0.25, 0.3) is 0 Å². The number of hydrogen-bond acceptors (Lipinski definition) is 2. The number of rotatable bonds is 6. The summed E-state index contributed by atoms with van der Waals surface area (Å²) in [6, 6.07) is 0. The zero-order valence-corrected chi connectivity index (χ0v) is 12.6. The largest absolute Gasteiger partial charge is 0.512 e. The number of aliphatic hydroxyl groups excluding tert-OH is 1. The molecule has 0 spiro atoms. The van der Waals surface area contributed by atoms with Crippen LogP contribution in [0.2, 0.25) is 0 Å². The van der Waals surface area contributed by atoms with Crippen LogP contribution in [0, 0.1) is 11.3 Å². The van der Waals surface area contributed by atoms with E-state index in [-0.39, 0.29) is 39.9 Å². The molecule has 0 aromatic carbocycles. The van der Waals surface area contributed by atoms with Crippen LogP contribution in [0.5, 0.6) is 0 Å². The van der Waals surface area contributed by atoms with Gasteiger partial charge in [0.25, 0.3) is 0 Å². The van der Waals surface area contributed by atoms with Gasteiger partial charge >= 0.3 is 0 Å². The Kier molecular flexibility index (Phi) is 9.84. The molecule has 2 nitrogen and oxygen atoms in total. The average Bonchev–Trinajstić information content (AvgIpc) is 2.17. The summed E-state index contributed by atoms with van der Waals surface area (Å²) in [5, 5.41) is 9.77. The van der Waals surface area contributed by atoms with Gasteiger partial charge in [-0.15, -0.1) is 0 Å². The Morgan fingerprint density at radius 2 is 1.82 bits per heavy atom. The Labute approximate surface area is 116 Å². The third kappa shape index (κ3) is 7.62. The first kappa shape index (κ1) is 19.1. The van der Waals surface area contributed by atoms with E-state index in [2.05, 4.69) is 6.92 Å². The fourth-order valence-electron chi connectivity index (χ4n) is 1.47. The predicted octanol–water partition coefficient (Wildman–Crippen LogP) is 4.26. The summed E-state index contributed by atoms with van der Waals surface area (Å²) in [7, 11) is 0. The van der Waals surface area contributed by atoms with Crippen LogP contribution >= 0.6 is 0 Å². The normalized spacial score (nSPS) is 14.1. The van der Waals surface area contributed by atoms with Gasteiger partial charge in [-0.2, -0.15) is 0 Å². The topological polar surface area (TPSA) is 37.3 Å². The summed E-state index contributed by atoms with van der Waals surface area (Å²) in [5.41, 5.74) is -0.335. The fraction of sp³-hybridized carbons (Fsp3) is 0.786. The molecule has 0 aliphatic carbocycles. The summed E-state index contributed by atoms with van der Waals surface area (Å²) < 4.78 is 0. The number of allylic oxidation sites excluding steroid dienone is 2. The van der Waals surface area contributed by atoms with Crippen molar-refractivity contribution >= 4 is 5.78 Å². The summed E-state index contributed by atoms with van der Waals surface area (Å²) in [4.78, 5) is 11.9. The molecule has 1 radical (unpaired) electrons. The summed E-state index contributed by atoms with van der Waals surface area (Å²) >= 11 is 0. The molecule has 1 N–H and O–H groups in total. The third-order valence-electron chi connectivity index (χ3n) is 2.85. The van der Waals surface area contributed by atoms with Crippen molar-refractivity contribution < 1.29 is 27.0 Å². The van der Waals surface area contributed by atoms with E-state index in [4.69, 9.17) is 0 Å². The van der Waals surface area contributed by atoms with Crippen molar-refractivity contribution in [2.45, 2.75) is 60.3 Å². The zero-order chi connectivity index (χ0) is 12.8. The number of hydrogen-bond donors (Lipinski definition) is 1. The van der Waals surface area contributed by atoms with Crippen LogP contribution in [-0.2, 0) is 21.9 Å². The van der Waals surface area contributed by atoms with Gasteiger partial charge in [-0.3, -0.25) is 4.79 Å². The van der Waals surface area contributed by atoms with E-state index < -0.39 is 0 Å². The molecule has 0 aromatic rings. The van der Waals surface area contributed by atoms with Gasteiger partial charge < -0.3 is 5.11 Å². The van der Waals surface area contributed by atoms with E-state index >= 15 is 0 Å². The van der Waals surface area contributed by atoms with Crippen molar-refractivity contribution in [1.82, 2.24) is 0 Å². The van der Waals surface area contributed by atoms with E-state index in [1.54, 1.807) is 0 Å². The maximum atomic E-state index is 11.9. The second kappa shape index (κ2) is 8.77. The molecule has 0 bridgehead atoms. The maximum absolute atomic E-state index is 11.9. The first-order valence-electron chi connectivity index (χ1n) is 6.27. The predicted molar refractivity (Wildman–Crippen MR) is 68.5 cm³/mol. The zero-order valence-electron chi connectivity index (χ0n) is 11.6. The van der Waals surface area contributed by atoms with Gasteiger partial charge in [0.1, 0.15) is 5.76 Å². The van der Waals surface area contributed by atoms with E-state index in [1.165, 1.54) is 6.08 Å². The van der Waals surface area contributed by atoms with Gasteiger partial charge in [0.15, 0.2) is 5.78 Å². The molecule has 0 amide bonds. The molecule has 0 aliphatic heterocycles. The second-order valence-electron chi connectivity index (χ2n) is 5.43. The molecule has 17 heavy (non-hydrogen) atoms. The van der Waals surface area contributed by atoms with Crippen molar-refractivity contribution in [3.05, 3.63) is 11.8 Å². The van der Waals surface area contributed by atoms with Crippen LogP contribution in [0.1, 0.15) is 60.3 Å². The minimum Gasteiger partial charge on any atom is -0.512 e. The smallest absolute Gasteiger partial charge is 0.162 e. The molecule has 1 unspecified atom stereocenters. The number of aliphatic hydroxyl groups is 1. The molecular weight excluding hydrogens is 264 g/mol. The van der Waals surface area contributed by atoms with Crippen LogP contribution in [0.15, 0.2) is 11.8 Å². The van der Waals surface area contributed by atoms with Crippen molar-refractivity contribution in [3.8, 4) is 0 Å². The molecule has 0 rings (SSSR count). The number of carbonyl (C=O) groups is 1. The first-order valence-corrected chi connectivity index (χ1v) is 6.27. The van der Waals surface area contributed by atoms with Crippen molar-refractivity contribution in [3.63, 3.8) is 0 Å². The van der Waals surface area contributed by atoms with Crippen molar-refractivity contribution in [2.75, 3.05) is 0 Å². The number of carbonyl (C=O) groups excluding carboxylic acids is 1. The van der Waals surface area contributed by atoms with E-state index in [0.29, 0.717) is 0 Å². The van der Waals surface area contributed by atoms with Crippen LogP contribution in [0.3, 0.4) is 0 Å². The molecule has 0 fully saturated rings. The molecule has 0 aliphatic rings. The van der Waals surface area contributed by atoms with Crippen molar-refractivity contribution in [2.24, 2.45) is 11.3 Å². The average molecular weight is 290 g/mol. The van der Waals surface area contributed by atoms with E-state index in [0.717, 1.165) is 25.7 Å². The second-order valence-corrected chi connectivity index (χ2v) is 5.43. The standard InChI is InChI=1S/C14H26O2.Cu/c1-6-8-9-11(7-2)12(15)10-13(16)14(3,4)5;/h10-11,16H,6-9H2,1-5H3;. The molecule has 1 atom stereocenters.